The minimum absolute atomic E-state index is 1.01. The number of aromatic nitrogens is 2. The highest BCUT2D eigenvalue weighted by atomic mass is 15.0. The lowest BCUT2D eigenvalue weighted by Crippen LogP contribution is -1.88. The zero-order valence-corrected chi connectivity index (χ0v) is 11.9. The fourth-order valence-electron chi connectivity index (χ4n) is 2.45. The molecule has 19 heavy (non-hydrogen) atoms. The van der Waals surface area contributed by atoms with Crippen molar-refractivity contribution in [3.8, 4) is 11.3 Å². The fourth-order valence-corrected chi connectivity index (χ4v) is 2.45. The van der Waals surface area contributed by atoms with Crippen molar-refractivity contribution in [2.75, 3.05) is 0 Å². The third-order valence-corrected chi connectivity index (χ3v) is 3.73. The first-order valence-electron chi connectivity index (χ1n) is 6.58. The minimum Gasteiger partial charge on any atom is -0.306 e. The molecule has 2 heteroatoms. The zero-order valence-electron chi connectivity index (χ0n) is 11.9. The van der Waals surface area contributed by atoms with E-state index in [-0.39, 0.29) is 0 Å². The van der Waals surface area contributed by atoms with E-state index in [9.17, 15) is 0 Å². The number of benzene rings is 1. The van der Waals surface area contributed by atoms with Crippen molar-refractivity contribution in [1.29, 1.82) is 0 Å². The van der Waals surface area contributed by atoms with Gasteiger partial charge in [0.2, 0.25) is 0 Å². The van der Waals surface area contributed by atoms with E-state index in [0.717, 1.165) is 11.3 Å². The Balaban J connectivity index is 2.21. The monoisotopic (exact) mass is 250 g/mol. The van der Waals surface area contributed by atoms with Crippen LogP contribution >= 0.6 is 0 Å². The number of nitrogens with zero attached hydrogens (tertiary/aromatic N) is 2. The number of imidazole rings is 1. The van der Waals surface area contributed by atoms with Crippen LogP contribution in [0.4, 0.5) is 0 Å². The Morgan fingerprint density at radius 1 is 0.895 bits per heavy atom. The first kappa shape index (κ1) is 12.0. The molecule has 0 aliphatic carbocycles. The highest BCUT2D eigenvalue weighted by Gasteiger charge is 2.08. The molecule has 3 rings (SSSR count). The van der Waals surface area contributed by atoms with E-state index in [4.69, 9.17) is 4.98 Å². The predicted molar refractivity (Wildman–Crippen MR) is 79.6 cm³/mol. The Morgan fingerprint density at radius 2 is 1.63 bits per heavy atom. The summed E-state index contributed by atoms with van der Waals surface area (Å²) in [6.45, 7) is 8.55. The van der Waals surface area contributed by atoms with Crippen molar-refractivity contribution in [3.05, 3.63) is 58.9 Å². The largest absolute Gasteiger partial charge is 0.306 e. The third kappa shape index (κ3) is 2.03. The van der Waals surface area contributed by atoms with Crippen molar-refractivity contribution < 1.29 is 0 Å². The summed E-state index contributed by atoms with van der Waals surface area (Å²) in [5.74, 6) is 0. The van der Waals surface area contributed by atoms with E-state index in [1.165, 1.54) is 27.8 Å². The van der Waals surface area contributed by atoms with Crippen LogP contribution in [0.5, 0.6) is 0 Å². The molecule has 0 aliphatic rings. The van der Waals surface area contributed by atoms with Gasteiger partial charge in [-0.2, -0.15) is 0 Å². The number of fused-ring (bicyclic) bond motifs is 1. The molecule has 0 bridgehead atoms. The van der Waals surface area contributed by atoms with Crippen LogP contribution in [0, 0.1) is 27.7 Å². The summed E-state index contributed by atoms with van der Waals surface area (Å²) in [7, 11) is 0. The van der Waals surface area contributed by atoms with Crippen LogP contribution in [0.25, 0.3) is 16.9 Å². The summed E-state index contributed by atoms with van der Waals surface area (Å²) in [6, 6.07) is 8.69. The minimum atomic E-state index is 1.01. The van der Waals surface area contributed by atoms with Crippen molar-refractivity contribution in [2.45, 2.75) is 27.7 Å². The SMILES string of the molecule is Cc1ccn2cc(-c3cc(C)c(C)cc3C)nc2c1. The maximum Gasteiger partial charge on any atom is 0.137 e. The van der Waals surface area contributed by atoms with Gasteiger partial charge in [-0.3, -0.25) is 0 Å². The van der Waals surface area contributed by atoms with Crippen molar-refractivity contribution >= 4 is 5.65 Å². The number of rotatable bonds is 1. The average Bonchev–Trinajstić information content (AvgIpc) is 2.76. The normalized spacial score (nSPS) is 11.2. The van der Waals surface area contributed by atoms with Gasteiger partial charge in [0.15, 0.2) is 0 Å². The van der Waals surface area contributed by atoms with Gasteiger partial charge in [0.1, 0.15) is 5.65 Å². The summed E-state index contributed by atoms with van der Waals surface area (Å²) in [4.78, 5) is 4.74. The molecule has 2 aromatic heterocycles. The second-order valence-electron chi connectivity index (χ2n) is 5.35. The lowest BCUT2D eigenvalue weighted by atomic mass is 9.99. The first-order chi connectivity index (χ1) is 9.04. The standard InChI is InChI=1S/C17H18N2/c1-11-5-6-19-10-16(18-17(19)7-11)15-9-13(3)12(2)8-14(15)4/h5-10H,1-4H3. The van der Waals surface area contributed by atoms with Gasteiger partial charge in [-0.05, 0) is 68.1 Å². The Morgan fingerprint density at radius 3 is 2.42 bits per heavy atom. The molecule has 0 spiro atoms. The van der Waals surface area contributed by atoms with Gasteiger partial charge in [0, 0.05) is 18.0 Å². The molecule has 2 nitrogen and oxygen atoms in total. The topological polar surface area (TPSA) is 17.3 Å². The number of aryl methyl sites for hydroxylation is 4. The van der Waals surface area contributed by atoms with Gasteiger partial charge < -0.3 is 4.40 Å². The van der Waals surface area contributed by atoms with Crippen LogP contribution < -0.4 is 0 Å². The Labute approximate surface area is 113 Å². The molecule has 0 N–H and O–H groups in total. The Bertz CT molecular complexity index is 766. The molecule has 0 saturated carbocycles. The van der Waals surface area contributed by atoms with Gasteiger partial charge in [-0.25, -0.2) is 4.98 Å². The molecule has 0 aliphatic heterocycles. The molecule has 0 radical (unpaired) electrons. The van der Waals surface area contributed by atoms with E-state index in [2.05, 4.69) is 68.8 Å². The van der Waals surface area contributed by atoms with Crippen molar-refractivity contribution in [2.24, 2.45) is 0 Å². The summed E-state index contributed by atoms with van der Waals surface area (Å²) < 4.78 is 2.08. The van der Waals surface area contributed by atoms with E-state index in [1.54, 1.807) is 0 Å². The Hall–Kier alpha value is -2.09. The smallest absolute Gasteiger partial charge is 0.137 e. The van der Waals surface area contributed by atoms with Crippen LogP contribution in [-0.2, 0) is 0 Å². The third-order valence-electron chi connectivity index (χ3n) is 3.73. The molecule has 0 amide bonds. The van der Waals surface area contributed by atoms with Crippen LogP contribution in [0.3, 0.4) is 0 Å². The molecular weight excluding hydrogens is 232 g/mol. The molecule has 2 heterocycles. The maximum atomic E-state index is 4.74. The van der Waals surface area contributed by atoms with Gasteiger partial charge in [0.25, 0.3) is 0 Å². The average molecular weight is 250 g/mol. The lowest BCUT2D eigenvalue weighted by molar-refractivity contribution is 1.17. The lowest BCUT2D eigenvalue weighted by Gasteiger charge is -2.07. The molecule has 0 fully saturated rings. The predicted octanol–water partition coefficient (Wildman–Crippen LogP) is 4.23. The second kappa shape index (κ2) is 4.23. The van der Waals surface area contributed by atoms with Crippen LogP contribution in [0.2, 0.25) is 0 Å². The van der Waals surface area contributed by atoms with Crippen LogP contribution in [0.15, 0.2) is 36.7 Å². The summed E-state index contributed by atoms with van der Waals surface area (Å²) in [5.41, 5.74) is 8.45. The highest BCUT2D eigenvalue weighted by Crippen LogP contribution is 2.26. The van der Waals surface area contributed by atoms with E-state index in [0.29, 0.717) is 0 Å². The quantitative estimate of drug-likeness (QED) is 0.631. The van der Waals surface area contributed by atoms with Gasteiger partial charge in [-0.1, -0.05) is 6.07 Å². The number of hydrogen-bond donors (Lipinski definition) is 0. The van der Waals surface area contributed by atoms with E-state index < -0.39 is 0 Å². The highest BCUT2D eigenvalue weighted by molar-refractivity contribution is 5.67. The molecular formula is C17H18N2. The van der Waals surface area contributed by atoms with Gasteiger partial charge in [-0.15, -0.1) is 0 Å². The number of pyridine rings is 1. The summed E-state index contributed by atoms with van der Waals surface area (Å²) >= 11 is 0. The maximum absolute atomic E-state index is 4.74. The summed E-state index contributed by atoms with van der Waals surface area (Å²) in [5, 5.41) is 0. The Kier molecular flexibility index (Phi) is 2.67. The first-order valence-corrected chi connectivity index (χ1v) is 6.58. The molecule has 0 unspecified atom stereocenters. The molecule has 3 aromatic rings. The zero-order chi connectivity index (χ0) is 13.6. The molecule has 0 saturated heterocycles. The van der Waals surface area contributed by atoms with Crippen molar-refractivity contribution in [1.82, 2.24) is 9.38 Å². The molecule has 1 aromatic carbocycles. The fraction of sp³-hybridized carbons (Fsp3) is 0.235. The van der Waals surface area contributed by atoms with Crippen LogP contribution in [0.1, 0.15) is 22.3 Å². The molecule has 96 valence electrons. The van der Waals surface area contributed by atoms with Gasteiger partial charge >= 0.3 is 0 Å². The van der Waals surface area contributed by atoms with Crippen LogP contribution in [-0.4, -0.2) is 9.38 Å². The van der Waals surface area contributed by atoms with Crippen molar-refractivity contribution in [3.63, 3.8) is 0 Å². The second-order valence-corrected chi connectivity index (χ2v) is 5.35. The van der Waals surface area contributed by atoms with Gasteiger partial charge in [0.05, 0.1) is 5.69 Å². The number of hydrogen-bond acceptors (Lipinski definition) is 1. The van der Waals surface area contributed by atoms with E-state index in [1.807, 2.05) is 0 Å². The molecule has 0 atom stereocenters. The van der Waals surface area contributed by atoms with E-state index >= 15 is 0 Å². The summed E-state index contributed by atoms with van der Waals surface area (Å²) in [6.07, 6.45) is 4.17.